The van der Waals surface area contributed by atoms with Gasteiger partial charge in [-0.05, 0) is 11.6 Å². The molecule has 0 fully saturated rings. The molecule has 1 aromatic heterocycles. The first kappa shape index (κ1) is 11.7. The SMILES string of the molecule is Cn1ccc(CNCCOCC(N)=O)c1. The number of carbonyl (C=O) groups excluding carboxylic acids is 1. The fourth-order valence-corrected chi connectivity index (χ4v) is 1.22. The topological polar surface area (TPSA) is 69.3 Å². The van der Waals surface area contributed by atoms with Crippen molar-refractivity contribution >= 4 is 5.91 Å². The molecule has 3 N–H and O–H groups in total. The number of amides is 1. The summed E-state index contributed by atoms with van der Waals surface area (Å²) in [6, 6.07) is 2.05. The van der Waals surface area contributed by atoms with Gasteiger partial charge in [-0.2, -0.15) is 0 Å². The number of ether oxygens (including phenoxy) is 1. The van der Waals surface area contributed by atoms with Crippen molar-refractivity contribution in [3.63, 3.8) is 0 Å². The Morgan fingerprint density at radius 3 is 3.07 bits per heavy atom. The molecule has 0 aliphatic rings. The monoisotopic (exact) mass is 211 g/mol. The van der Waals surface area contributed by atoms with E-state index >= 15 is 0 Å². The minimum atomic E-state index is -0.432. The summed E-state index contributed by atoms with van der Waals surface area (Å²) in [5, 5.41) is 3.20. The van der Waals surface area contributed by atoms with Gasteiger partial charge in [-0.3, -0.25) is 4.79 Å². The highest BCUT2D eigenvalue weighted by Gasteiger charge is 1.95. The van der Waals surface area contributed by atoms with Crippen LogP contribution in [0.15, 0.2) is 18.5 Å². The fraction of sp³-hybridized carbons (Fsp3) is 0.500. The molecule has 0 bridgehead atoms. The van der Waals surface area contributed by atoms with E-state index in [9.17, 15) is 4.79 Å². The molecular formula is C10H17N3O2. The van der Waals surface area contributed by atoms with E-state index in [1.165, 1.54) is 5.56 Å². The highest BCUT2D eigenvalue weighted by molar-refractivity contribution is 5.74. The smallest absolute Gasteiger partial charge is 0.243 e. The summed E-state index contributed by atoms with van der Waals surface area (Å²) in [7, 11) is 1.99. The summed E-state index contributed by atoms with van der Waals surface area (Å²) in [4.78, 5) is 10.3. The van der Waals surface area contributed by atoms with Crippen LogP contribution in [0, 0.1) is 0 Å². The largest absolute Gasteiger partial charge is 0.370 e. The van der Waals surface area contributed by atoms with Crippen molar-refractivity contribution in [1.29, 1.82) is 0 Å². The molecule has 1 heterocycles. The fourth-order valence-electron chi connectivity index (χ4n) is 1.22. The second-order valence-corrected chi connectivity index (χ2v) is 3.38. The van der Waals surface area contributed by atoms with Crippen molar-refractivity contribution in [3.8, 4) is 0 Å². The lowest BCUT2D eigenvalue weighted by Crippen LogP contribution is -2.23. The van der Waals surface area contributed by atoms with Gasteiger partial charge >= 0.3 is 0 Å². The van der Waals surface area contributed by atoms with Crippen molar-refractivity contribution in [3.05, 3.63) is 24.0 Å². The lowest BCUT2D eigenvalue weighted by molar-refractivity contribution is -0.122. The summed E-state index contributed by atoms with van der Waals surface area (Å²) in [5.41, 5.74) is 6.14. The minimum Gasteiger partial charge on any atom is -0.370 e. The maximum Gasteiger partial charge on any atom is 0.243 e. The van der Waals surface area contributed by atoms with Crippen LogP contribution in [-0.4, -0.2) is 30.2 Å². The summed E-state index contributed by atoms with van der Waals surface area (Å²) in [6.45, 7) is 2.01. The summed E-state index contributed by atoms with van der Waals surface area (Å²) >= 11 is 0. The van der Waals surface area contributed by atoms with Gasteiger partial charge < -0.3 is 20.4 Å². The predicted octanol–water partition coefficient (Wildman–Crippen LogP) is -0.383. The normalized spacial score (nSPS) is 10.5. The molecule has 0 aromatic carbocycles. The van der Waals surface area contributed by atoms with E-state index in [2.05, 4.69) is 17.6 Å². The molecule has 0 aliphatic heterocycles. The van der Waals surface area contributed by atoms with E-state index in [1.54, 1.807) is 0 Å². The van der Waals surface area contributed by atoms with Gasteiger partial charge in [0.25, 0.3) is 0 Å². The Morgan fingerprint density at radius 1 is 1.67 bits per heavy atom. The molecule has 15 heavy (non-hydrogen) atoms. The second-order valence-electron chi connectivity index (χ2n) is 3.38. The molecular weight excluding hydrogens is 194 g/mol. The summed E-state index contributed by atoms with van der Waals surface area (Å²) in [5.74, 6) is -0.432. The van der Waals surface area contributed by atoms with Crippen molar-refractivity contribution in [2.75, 3.05) is 19.8 Å². The molecule has 0 saturated heterocycles. The van der Waals surface area contributed by atoms with E-state index in [0.29, 0.717) is 13.2 Å². The molecule has 0 radical (unpaired) electrons. The first-order chi connectivity index (χ1) is 7.18. The zero-order valence-electron chi connectivity index (χ0n) is 8.90. The van der Waals surface area contributed by atoms with Gasteiger partial charge in [0.1, 0.15) is 6.61 Å². The van der Waals surface area contributed by atoms with Crippen LogP contribution >= 0.6 is 0 Å². The number of nitrogens with one attached hydrogen (secondary N) is 1. The van der Waals surface area contributed by atoms with E-state index in [1.807, 2.05) is 17.8 Å². The number of carbonyl (C=O) groups is 1. The molecule has 0 spiro atoms. The summed E-state index contributed by atoms with van der Waals surface area (Å²) in [6.07, 6.45) is 4.05. The Labute approximate surface area is 89.2 Å². The van der Waals surface area contributed by atoms with Gasteiger partial charge in [0.2, 0.25) is 5.91 Å². The molecule has 0 atom stereocenters. The van der Waals surface area contributed by atoms with Gasteiger partial charge in [0, 0.05) is 32.5 Å². The number of aromatic nitrogens is 1. The van der Waals surface area contributed by atoms with Gasteiger partial charge in [-0.1, -0.05) is 0 Å². The lowest BCUT2D eigenvalue weighted by Gasteiger charge is -2.03. The highest BCUT2D eigenvalue weighted by atomic mass is 16.5. The third-order valence-electron chi connectivity index (χ3n) is 1.89. The first-order valence-electron chi connectivity index (χ1n) is 4.86. The molecule has 5 nitrogen and oxygen atoms in total. The number of hydrogen-bond donors (Lipinski definition) is 2. The Kier molecular flexibility index (Phi) is 4.86. The maximum atomic E-state index is 10.3. The Morgan fingerprint density at radius 2 is 2.47 bits per heavy atom. The van der Waals surface area contributed by atoms with Crippen LogP contribution in [0.3, 0.4) is 0 Å². The van der Waals surface area contributed by atoms with E-state index < -0.39 is 5.91 Å². The summed E-state index contributed by atoms with van der Waals surface area (Å²) < 4.78 is 7.00. The van der Waals surface area contributed by atoms with Crippen LogP contribution < -0.4 is 11.1 Å². The molecule has 5 heteroatoms. The van der Waals surface area contributed by atoms with Gasteiger partial charge in [0.15, 0.2) is 0 Å². The molecule has 0 saturated carbocycles. The van der Waals surface area contributed by atoms with Crippen LogP contribution in [0.25, 0.3) is 0 Å². The molecule has 84 valence electrons. The molecule has 1 amide bonds. The zero-order chi connectivity index (χ0) is 11.1. The van der Waals surface area contributed by atoms with Crippen LogP contribution in [0.5, 0.6) is 0 Å². The minimum absolute atomic E-state index is 0.00693. The standard InChI is InChI=1S/C10H17N3O2/c1-13-4-2-9(7-13)6-12-3-5-15-8-10(11)14/h2,4,7,12H,3,5-6,8H2,1H3,(H2,11,14). The third-order valence-corrected chi connectivity index (χ3v) is 1.89. The molecule has 1 rings (SSSR count). The molecule has 1 aromatic rings. The van der Waals surface area contributed by atoms with Crippen molar-refractivity contribution in [1.82, 2.24) is 9.88 Å². The second kappa shape index (κ2) is 6.21. The van der Waals surface area contributed by atoms with E-state index in [-0.39, 0.29) is 6.61 Å². The van der Waals surface area contributed by atoms with E-state index in [0.717, 1.165) is 6.54 Å². The van der Waals surface area contributed by atoms with Crippen molar-refractivity contribution in [2.45, 2.75) is 6.54 Å². The predicted molar refractivity (Wildman–Crippen MR) is 57.1 cm³/mol. The average Bonchev–Trinajstić information content (AvgIpc) is 2.57. The number of aryl methyl sites for hydroxylation is 1. The van der Waals surface area contributed by atoms with Gasteiger partial charge in [-0.15, -0.1) is 0 Å². The van der Waals surface area contributed by atoms with Gasteiger partial charge in [0.05, 0.1) is 6.61 Å². The number of primary amides is 1. The van der Waals surface area contributed by atoms with Crippen LogP contribution in [0.2, 0.25) is 0 Å². The van der Waals surface area contributed by atoms with Crippen molar-refractivity contribution < 1.29 is 9.53 Å². The number of nitrogens with zero attached hydrogens (tertiary/aromatic N) is 1. The Hall–Kier alpha value is -1.33. The van der Waals surface area contributed by atoms with Crippen molar-refractivity contribution in [2.24, 2.45) is 12.8 Å². The first-order valence-corrected chi connectivity index (χ1v) is 4.86. The number of nitrogens with two attached hydrogens (primary N) is 1. The highest BCUT2D eigenvalue weighted by Crippen LogP contribution is 1.97. The number of hydrogen-bond acceptors (Lipinski definition) is 3. The van der Waals surface area contributed by atoms with Gasteiger partial charge in [-0.25, -0.2) is 0 Å². The van der Waals surface area contributed by atoms with Crippen LogP contribution in [0.4, 0.5) is 0 Å². The number of rotatable bonds is 7. The average molecular weight is 211 g/mol. The quantitative estimate of drug-likeness (QED) is 0.604. The Bertz CT molecular complexity index is 309. The third kappa shape index (κ3) is 5.19. The van der Waals surface area contributed by atoms with Crippen LogP contribution in [0.1, 0.15) is 5.56 Å². The zero-order valence-corrected chi connectivity index (χ0v) is 8.90. The molecule has 0 unspecified atom stereocenters. The van der Waals surface area contributed by atoms with Crippen LogP contribution in [-0.2, 0) is 23.1 Å². The molecule has 0 aliphatic carbocycles. The lowest BCUT2D eigenvalue weighted by atomic mass is 10.3. The Balaban J connectivity index is 2.00. The van der Waals surface area contributed by atoms with E-state index in [4.69, 9.17) is 10.5 Å². The maximum absolute atomic E-state index is 10.3.